The number of thiophene rings is 1. The zero-order chi connectivity index (χ0) is 8.81. The van der Waals surface area contributed by atoms with Crippen LogP contribution in [0.4, 0.5) is 0 Å². The minimum Gasteiger partial charge on any atom is -0.354 e. The van der Waals surface area contributed by atoms with Gasteiger partial charge in [0.05, 0.1) is 4.88 Å². The number of amides is 1. The molecule has 0 aliphatic heterocycles. The highest BCUT2D eigenvalue weighted by Crippen LogP contribution is 2.06. The lowest BCUT2D eigenvalue weighted by Gasteiger charge is -2.00. The number of nitrogens with one attached hydrogen (secondary N) is 2. The second-order valence-electron chi connectivity index (χ2n) is 1.75. The minimum absolute atomic E-state index is 0.175. The SMILES string of the molecule is O=CONNC(=O)c1cccs1. The highest BCUT2D eigenvalue weighted by molar-refractivity contribution is 7.12. The molecular formula is C6H6N2O3S. The number of hydrazine groups is 1. The van der Waals surface area contributed by atoms with Gasteiger partial charge in [-0.15, -0.1) is 11.3 Å². The molecule has 1 rings (SSSR count). The Morgan fingerprint density at radius 2 is 2.50 bits per heavy atom. The van der Waals surface area contributed by atoms with E-state index >= 15 is 0 Å². The molecule has 0 radical (unpaired) electrons. The molecule has 0 aliphatic rings. The standard InChI is InChI=1S/C6H6N2O3S/c9-4-11-8-7-6(10)5-2-1-3-12-5/h1-4,8H,(H,7,10). The smallest absolute Gasteiger partial charge is 0.315 e. The van der Waals surface area contributed by atoms with Gasteiger partial charge >= 0.3 is 6.47 Å². The fourth-order valence-electron chi connectivity index (χ4n) is 0.569. The van der Waals surface area contributed by atoms with Crippen LogP contribution in [-0.2, 0) is 9.63 Å². The zero-order valence-corrected chi connectivity index (χ0v) is 6.76. The summed E-state index contributed by atoms with van der Waals surface area (Å²) in [5, 5.41) is 1.77. The maximum Gasteiger partial charge on any atom is 0.315 e. The van der Waals surface area contributed by atoms with Crippen LogP contribution in [-0.4, -0.2) is 12.4 Å². The molecule has 0 fully saturated rings. The van der Waals surface area contributed by atoms with Gasteiger partial charge in [-0.25, -0.2) is 0 Å². The third-order valence-corrected chi connectivity index (χ3v) is 1.89. The van der Waals surface area contributed by atoms with Crippen molar-refractivity contribution < 1.29 is 14.4 Å². The molecule has 1 aromatic rings. The van der Waals surface area contributed by atoms with Gasteiger partial charge in [-0.1, -0.05) is 11.7 Å². The summed E-state index contributed by atoms with van der Waals surface area (Å²) in [6, 6.07) is 3.41. The Kier molecular flexibility index (Phi) is 3.24. The summed E-state index contributed by atoms with van der Waals surface area (Å²) >= 11 is 1.29. The Balaban J connectivity index is 2.34. The van der Waals surface area contributed by atoms with E-state index in [0.29, 0.717) is 4.88 Å². The molecule has 0 bridgehead atoms. The Hall–Kier alpha value is -1.40. The highest BCUT2D eigenvalue weighted by Gasteiger charge is 2.03. The maximum absolute atomic E-state index is 11.0. The molecule has 0 unspecified atom stereocenters. The van der Waals surface area contributed by atoms with Crippen LogP contribution in [0.1, 0.15) is 9.67 Å². The van der Waals surface area contributed by atoms with Crippen LogP contribution in [0.2, 0.25) is 0 Å². The molecule has 0 aliphatic carbocycles. The third kappa shape index (κ3) is 2.33. The van der Waals surface area contributed by atoms with Crippen molar-refractivity contribution in [2.75, 3.05) is 0 Å². The third-order valence-electron chi connectivity index (χ3n) is 1.02. The Labute approximate surface area is 72.3 Å². The van der Waals surface area contributed by atoms with E-state index in [2.05, 4.69) is 10.3 Å². The topological polar surface area (TPSA) is 67.4 Å². The van der Waals surface area contributed by atoms with Gasteiger partial charge in [0.25, 0.3) is 5.91 Å². The van der Waals surface area contributed by atoms with E-state index < -0.39 is 0 Å². The van der Waals surface area contributed by atoms with Gasteiger partial charge in [-0.05, 0) is 11.4 Å². The second kappa shape index (κ2) is 4.47. The van der Waals surface area contributed by atoms with Gasteiger partial charge in [-0.3, -0.25) is 15.0 Å². The normalized spacial score (nSPS) is 9.00. The first-order valence-corrected chi connectivity index (χ1v) is 3.90. The number of carbonyl (C=O) groups excluding carboxylic acids is 2. The lowest BCUT2D eigenvalue weighted by Crippen LogP contribution is -2.36. The van der Waals surface area contributed by atoms with Crippen LogP contribution < -0.4 is 11.0 Å². The van der Waals surface area contributed by atoms with E-state index in [4.69, 9.17) is 0 Å². The molecule has 64 valence electrons. The first-order valence-electron chi connectivity index (χ1n) is 3.02. The number of carbonyl (C=O) groups is 2. The summed E-state index contributed by atoms with van der Waals surface area (Å²) in [7, 11) is 0. The van der Waals surface area contributed by atoms with Crippen LogP contribution in [0.25, 0.3) is 0 Å². The fourth-order valence-corrected chi connectivity index (χ4v) is 1.19. The van der Waals surface area contributed by atoms with Crippen molar-refractivity contribution in [3.63, 3.8) is 0 Å². The van der Waals surface area contributed by atoms with E-state index in [-0.39, 0.29) is 12.4 Å². The molecule has 0 saturated carbocycles. The molecule has 0 saturated heterocycles. The van der Waals surface area contributed by atoms with Crippen molar-refractivity contribution in [1.29, 1.82) is 0 Å². The van der Waals surface area contributed by atoms with E-state index in [1.165, 1.54) is 11.3 Å². The van der Waals surface area contributed by atoms with Crippen LogP contribution in [0.15, 0.2) is 17.5 Å². The number of hydrogen-bond acceptors (Lipinski definition) is 5. The zero-order valence-electron chi connectivity index (χ0n) is 5.94. The predicted octanol–water partition coefficient (Wildman–Crippen LogP) is 0.0705. The monoisotopic (exact) mass is 186 g/mol. The lowest BCUT2D eigenvalue weighted by atomic mass is 10.5. The first-order chi connectivity index (χ1) is 5.84. The van der Waals surface area contributed by atoms with Gasteiger partial charge in [0.15, 0.2) is 0 Å². The summed E-state index contributed by atoms with van der Waals surface area (Å²) in [5.74, 6) is -0.341. The summed E-state index contributed by atoms with van der Waals surface area (Å²) in [4.78, 5) is 25.2. The van der Waals surface area contributed by atoms with Gasteiger partial charge < -0.3 is 4.84 Å². The molecule has 0 spiro atoms. The average Bonchev–Trinajstić information content (AvgIpc) is 2.56. The summed E-state index contributed by atoms with van der Waals surface area (Å²) < 4.78 is 0. The van der Waals surface area contributed by atoms with E-state index in [1.807, 2.05) is 5.59 Å². The Bertz CT molecular complexity index is 260. The van der Waals surface area contributed by atoms with Crippen molar-refractivity contribution in [1.82, 2.24) is 11.0 Å². The van der Waals surface area contributed by atoms with Crippen LogP contribution in [0, 0.1) is 0 Å². The van der Waals surface area contributed by atoms with Crippen molar-refractivity contribution in [3.05, 3.63) is 22.4 Å². The van der Waals surface area contributed by atoms with E-state index in [9.17, 15) is 9.59 Å². The first kappa shape index (κ1) is 8.69. The molecule has 1 amide bonds. The molecule has 2 N–H and O–H groups in total. The number of hydrogen-bond donors (Lipinski definition) is 2. The summed E-state index contributed by atoms with van der Waals surface area (Å²) in [5.41, 5.74) is 4.12. The quantitative estimate of drug-likeness (QED) is 0.396. The molecule has 1 heterocycles. The largest absolute Gasteiger partial charge is 0.354 e. The summed E-state index contributed by atoms with van der Waals surface area (Å²) in [6.07, 6.45) is 0. The molecule has 12 heavy (non-hydrogen) atoms. The average molecular weight is 186 g/mol. The van der Waals surface area contributed by atoms with Gasteiger partial charge in [-0.2, -0.15) is 0 Å². The summed E-state index contributed by atoms with van der Waals surface area (Å²) in [6.45, 7) is 0.175. The second-order valence-corrected chi connectivity index (χ2v) is 2.70. The van der Waals surface area contributed by atoms with Gasteiger partial charge in [0.1, 0.15) is 0 Å². The van der Waals surface area contributed by atoms with Gasteiger partial charge in [0.2, 0.25) is 0 Å². The maximum atomic E-state index is 11.0. The Morgan fingerprint density at radius 1 is 1.67 bits per heavy atom. The fraction of sp³-hybridized carbons (Fsp3) is 0. The molecule has 1 aromatic heterocycles. The van der Waals surface area contributed by atoms with Crippen LogP contribution in [0.5, 0.6) is 0 Å². The lowest BCUT2D eigenvalue weighted by molar-refractivity contribution is -0.136. The highest BCUT2D eigenvalue weighted by atomic mass is 32.1. The van der Waals surface area contributed by atoms with Crippen molar-refractivity contribution in [2.24, 2.45) is 0 Å². The van der Waals surface area contributed by atoms with Crippen molar-refractivity contribution in [3.8, 4) is 0 Å². The van der Waals surface area contributed by atoms with E-state index in [1.54, 1.807) is 17.5 Å². The minimum atomic E-state index is -0.341. The van der Waals surface area contributed by atoms with E-state index in [0.717, 1.165) is 0 Å². The van der Waals surface area contributed by atoms with Crippen LogP contribution in [0.3, 0.4) is 0 Å². The molecule has 0 atom stereocenters. The van der Waals surface area contributed by atoms with Gasteiger partial charge in [0, 0.05) is 0 Å². The predicted molar refractivity (Wildman–Crippen MR) is 42.1 cm³/mol. The number of rotatable bonds is 4. The molecule has 0 aromatic carbocycles. The Morgan fingerprint density at radius 3 is 3.08 bits per heavy atom. The van der Waals surface area contributed by atoms with Crippen molar-refractivity contribution >= 4 is 23.7 Å². The molecule has 6 heteroatoms. The van der Waals surface area contributed by atoms with Crippen molar-refractivity contribution in [2.45, 2.75) is 0 Å². The molecule has 5 nitrogen and oxygen atoms in total. The van der Waals surface area contributed by atoms with Crippen LogP contribution >= 0.6 is 11.3 Å². The molecular weight excluding hydrogens is 180 g/mol.